The van der Waals surface area contributed by atoms with Crippen molar-refractivity contribution in [3.63, 3.8) is 0 Å². The summed E-state index contributed by atoms with van der Waals surface area (Å²) in [5.41, 5.74) is 2.33. The van der Waals surface area contributed by atoms with Crippen LogP contribution in [0.5, 0.6) is 0 Å². The van der Waals surface area contributed by atoms with Gasteiger partial charge in [0.1, 0.15) is 6.04 Å². The van der Waals surface area contributed by atoms with Crippen LogP contribution in [0, 0.1) is 5.92 Å². The maximum Gasteiger partial charge on any atom is 0.323 e. The zero-order chi connectivity index (χ0) is 19.8. The second kappa shape index (κ2) is 10.2. The first-order chi connectivity index (χ1) is 13.7. The molecule has 148 valence electrons. The molecule has 4 heteroatoms. The first-order valence-corrected chi connectivity index (χ1v) is 9.93. The Hall–Kier alpha value is -2.43. The second-order valence-corrected chi connectivity index (χ2v) is 7.14. The van der Waals surface area contributed by atoms with Crippen molar-refractivity contribution < 1.29 is 14.3 Å². The van der Waals surface area contributed by atoms with Crippen LogP contribution in [0.15, 0.2) is 73.3 Å². The van der Waals surface area contributed by atoms with Crippen molar-refractivity contribution >= 4 is 5.97 Å². The van der Waals surface area contributed by atoms with Gasteiger partial charge < -0.3 is 9.47 Å². The van der Waals surface area contributed by atoms with Crippen molar-refractivity contribution in [2.75, 3.05) is 13.2 Å². The van der Waals surface area contributed by atoms with Gasteiger partial charge in [0.25, 0.3) is 0 Å². The molecular weight excluding hydrogens is 350 g/mol. The smallest absolute Gasteiger partial charge is 0.323 e. The molecule has 2 aromatic carbocycles. The van der Waals surface area contributed by atoms with Crippen LogP contribution < -0.4 is 0 Å². The van der Waals surface area contributed by atoms with Crippen LogP contribution >= 0.6 is 0 Å². The van der Waals surface area contributed by atoms with Gasteiger partial charge in [-0.3, -0.25) is 9.69 Å². The number of nitrogens with zero attached hydrogens (tertiary/aromatic N) is 1. The lowest BCUT2D eigenvalue weighted by molar-refractivity contribution is -0.150. The SMILES string of the molecule is C=C[C@@H]1C[C@H](COCc2ccccc2)N(Cc2ccccc2)[C@H]1C(=O)OCC. The summed E-state index contributed by atoms with van der Waals surface area (Å²) in [6, 6.07) is 20.2. The molecule has 28 heavy (non-hydrogen) atoms. The topological polar surface area (TPSA) is 38.8 Å². The maximum atomic E-state index is 12.7. The fourth-order valence-electron chi connectivity index (χ4n) is 3.89. The third kappa shape index (κ3) is 5.09. The van der Waals surface area contributed by atoms with E-state index in [-0.39, 0.29) is 24.0 Å². The van der Waals surface area contributed by atoms with Crippen molar-refractivity contribution in [1.82, 2.24) is 4.90 Å². The number of rotatable bonds is 9. The highest BCUT2D eigenvalue weighted by molar-refractivity contribution is 5.77. The van der Waals surface area contributed by atoms with E-state index in [0.29, 0.717) is 26.4 Å². The largest absolute Gasteiger partial charge is 0.465 e. The van der Waals surface area contributed by atoms with Crippen molar-refractivity contribution in [3.8, 4) is 0 Å². The molecule has 1 heterocycles. The van der Waals surface area contributed by atoms with Crippen LogP contribution in [0.25, 0.3) is 0 Å². The molecule has 0 unspecified atom stereocenters. The minimum atomic E-state index is -0.317. The first kappa shape index (κ1) is 20.3. The van der Waals surface area contributed by atoms with Crippen LogP contribution in [0.3, 0.4) is 0 Å². The summed E-state index contributed by atoms with van der Waals surface area (Å²) in [4.78, 5) is 14.9. The number of benzene rings is 2. The average molecular weight is 380 g/mol. The molecule has 0 aromatic heterocycles. The number of hydrogen-bond acceptors (Lipinski definition) is 4. The number of esters is 1. The number of likely N-dealkylation sites (tertiary alicyclic amines) is 1. The quantitative estimate of drug-likeness (QED) is 0.483. The lowest BCUT2D eigenvalue weighted by Gasteiger charge is -2.29. The number of ether oxygens (including phenoxy) is 2. The van der Waals surface area contributed by atoms with E-state index in [0.717, 1.165) is 12.0 Å². The summed E-state index contributed by atoms with van der Waals surface area (Å²) in [6.07, 6.45) is 2.73. The molecule has 0 radical (unpaired) electrons. The van der Waals surface area contributed by atoms with Crippen molar-refractivity contribution in [2.45, 2.75) is 38.6 Å². The molecule has 0 saturated carbocycles. The summed E-state index contributed by atoms with van der Waals surface area (Å²) in [7, 11) is 0. The number of hydrogen-bond donors (Lipinski definition) is 0. The second-order valence-electron chi connectivity index (χ2n) is 7.14. The van der Waals surface area contributed by atoms with E-state index in [1.54, 1.807) is 0 Å². The lowest BCUT2D eigenvalue weighted by Crippen LogP contribution is -2.44. The third-order valence-corrected chi connectivity index (χ3v) is 5.24. The predicted octanol–water partition coefficient (Wildman–Crippen LogP) is 4.21. The Morgan fingerprint density at radius 3 is 2.36 bits per heavy atom. The maximum absolute atomic E-state index is 12.7. The fraction of sp³-hybridized carbons (Fsp3) is 0.375. The molecule has 0 bridgehead atoms. The average Bonchev–Trinajstić information content (AvgIpc) is 3.07. The Bertz CT molecular complexity index is 747. The van der Waals surface area contributed by atoms with E-state index >= 15 is 0 Å². The van der Waals surface area contributed by atoms with Gasteiger partial charge in [-0.15, -0.1) is 6.58 Å². The molecule has 0 aliphatic carbocycles. The van der Waals surface area contributed by atoms with E-state index in [1.807, 2.05) is 49.4 Å². The molecule has 1 saturated heterocycles. The van der Waals surface area contributed by atoms with Gasteiger partial charge in [-0.2, -0.15) is 0 Å². The normalized spacial score (nSPS) is 22.1. The summed E-state index contributed by atoms with van der Waals surface area (Å²) in [5, 5.41) is 0. The van der Waals surface area contributed by atoms with E-state index in [4.69, 9.17) is 9.47 Å². The standard InChI is InChI=1S/C24H29NO3/c1-3-21-15-22(18-27-17-20-13-9-6-10-14-20)25(23(21)24(26)28-4-2)16-19-11-7-5-8-12-19/h3,5-14,21-23H,1,4,15-18H2,2H3/t21-,22-,23-/m1/s1. The summed E-state index contributed by atoms with van der Waals surface area (Å²) in [6.45, 7) is 8.02. The summed E-state index contributed by atoms with van der Waals surface area (Å²) < 4.78 is 11.4. The molecule has 3 atom stereocenters. The highest BCUT2D eigenvalue weighted by Gasteiger charge is 2.44. The first-order valence-electron chi connectivity index (χ1n) is 9.93. The Kier molecular flexibility index (Phi) is 7.40. The monoisotopic (exact) mass is 379 g/mol. The van der Waals surface area contributed by atoms with Crippen molar-refractivity contribution in [1.29, 1.82) is 0 Å². The molecule has 0 N–H and O–H groups in total. The molecule has 3 rings (SSSR count). The van der Waals surface area contributed by atoms with E-state index < -0.39 is 0 Å². The molecule has 4 nitrogen and oxygen atoms in total. The van der Waals surface area contributed by atoms with Crippen LogP contribution in [0.2, 0.25) is 0 Å². The highest BCUT2D eigenvalue weighted by atomic mass is 16.5. The van der Waals surface area contributed by atoms with E-state index in [1.165, 1.54) is 5.56 Å². The lowest BCUT2D eigenvalue weighted by atomic mass is 9.99. The Balaban J connectivity index is 1.73. The molecular formula is C24H29NO3. The summed E-state index contributed by atoms with van der Waals surface area (Å²) >= 11 is 0. The Labute approximate surface area is 167 Å². The predicted molar refractivity (Wildman–Crippen MR) is 111 cm³/mol. The number of carbonyl (C=O) groups is 1. The third-order valence-electron chi connectivity index (χ3n) is 5.24. The van der Waals surface area contributed by atoms with Gasteiger partial charge in [0.15, 0.2) is 0 Å². The minimum absolute atomic E-state index is 0.0630. The molecule has 1 fully saturated rings. The number of carbonyl (C=O) groups excluding carboxylic acids is 1. The van der Waals surface area contributed by atoms with Gasteiger partial charge in [-0.05, 0) is 24.5 Å². The fourth-order valence-corrected chi connectivity index (χ4v) is 3.89. The molecule has 1 aliphatic rings. The Morgan fingerprint density at radius 2 is 1.75 bits per heavy atom. The highest BCUT2D eigenvalue weighted by Crippen LogP contribution is 2.33. The summed E-state index contributed by atoms with van der Waals surface area (Å²) in [5.74, 6) is -0.109. The van der Waals surface area contributed by atoms with E-state index in [2.05, 4.69) is 35.7 Å². The molecule has 0 amide bonds. The van der Waals surface area contributed by atoms with Gasteiger partial charge in [0.05, 0.1) is 19.8 Å². The van der Waals surface area contributed by atoms with Crippen LogP contribution in [-0.4, -0.2) is 36.2 Å². The zero-order valence-electron chi connectivity index (χ0n) is 16.5. The van der Waals surface area contributed by atoms with Crippen molar-refractivity contribution in [2.24, 2.45) is 5.92 Å². The van der Waals surface area contributed by atoms with Gasteiger partial charge in [-0.25, -0.2) is 0 Å². The van der Waals surface area contributed by atoms with E-state index in [9.17, 15) is 4.79 Å². The van der Waals surface area contributed by atoms with Crippen LogP contribution in [-0.2, 0) is 27.4 Å². The van der Waals surface area contributed by atoms with Crippen LogP contribution in [0.1, 0.15) is 24.5 Å². The van der Waals surface area contributed by atoms with Gasteiger partial charge in [-0.1, -0.05) is 66.7 Å². The molecule has 2 aromatic rings. The zero-order valence-corrected chi connectivity index (χ0v) is 16.5. The van der Waals surface area contributed by atoms with Gasteiger partial charge >= 0.3 is 5.97 Å². The van der Waals surface area contributed by atoms with Gasteiger partial charge in [0, 0.05) is 18.5 Å². The Morgan fingerprint density at radius 1 is 1.11 bits per heavy atom. The van der Waals surface area contributed by atoms with Crippen molar-refractivity contribution in [3.05, 3.63) is 84.4 Å². The van der Waals surface area contributed by atoms with Gasteiger partial charge in [0.2, 0.25) is 0 Å². The molecule has 1 aliphatic heterocycles. The molecule has 0 spiro atoms. The van der Waals surface area contributed by atoms with Crippen LogP contribution in [0.4, 0.5) is 0 Å². The minimum Gasteiger partial charge on any atom is -0.465 e.